The van der Waals surface area contributed by atoms with Gasteiger partial charge in [0.1, 0.15) is 5.69 Å². The van der Waals surface area contributed by atoms with Crippen molar-refractivity contribution in [3.8, 4) is 34.0 Å². The highest BCUT2D eigenvalue weighted by atomic mass is 35.5. The van der Waals surface area contributed by atoms with E-state index in [4.69, 9.17) is 21.0 Å². The summed E-state index contributed by atoms with van der Waals surface area (Å²) in [6, 6.07) is 17.8. The number of oxazole rings is 1. The number of pyridine rings is 1. The standard InChI is InChI=1S/C22H17ClN2O/c1-14-3-5-17(6-4-14)21-20(16-7-9-18(23)10-8-16)25-22(26-21)19-13-24-12-11-15(19)2/h3-13H,1-2H3. The first-order chi connectivity index (χ1) is 12.6. The molecule has 4 heteroatoms. The van der Waals surface area contributed by atoms with Crippen LogP contribution in [0.1, 0.15) is 11.1 Å². The predicted octanol–water partition coefficient (Wildman–Crippen LogP) is 6.34. The third-order valence-electron chi connectivity index (χ3n) is 4.33. The molecule has 0 radical (unpaired) electrons. The molecule has 0 unspecified atom stereocenters. The molecule has 0 atom stereocenters. The fourth-order valence-electron chi connectivity index (χ4n) is 2.83. The van der Waals surface area contributed by atoms with Gasteiger partial charge in [0, 0.05) is 28.5 Å². The Hall–Kier alpha value is -2.91. The molecule has 0 fully saturated rings. The number of nitrogens with zero attached hydrogens (tertiary/aromatic N) is 2. The third kappa shape index (κ3) is 3.14. The summed E-state index contributed by atoms with van der Waals surface area (Å²) in [7, 11) is 0. The smallest absolute Gasteiger partial charge is 0.229 e. The van der Waals surface area contributed by atoms with Crippen molar-refractivity contribution < 1.29 is 4.42 Å². The fourth-order valence-corrected chi connectivity index (χ4v) is 2.95. The Kier molecular flexibility index (Phi) is 4.31. The number of hydrogen-bond donors (Lipinski definition) is 0. The second-order valence-electron chi connectivity index (χ2n) is 6.26. The Morgan fingerprint density at radius 2 is 1.54 bits per heavy atom. The molecule has 0 saturated carbocycles. The lowest BCUT2D eigenvalue weighted by Crippen LogP contribution is -1.85. The van der Waals surface area contributed by atoms with E-state index in [-0.39, 0.29) is 0 Å². The average Bonchev–Trinajstić information content (AvgIpc) is 3.08. The van der Waals surface area contributed by atoms with Gasteiger partial charge >= 0.3 is 0 Å². The Labute approximate surface area is 157 Å². The van der Waals surface area contributed by atoms with Gasteiger partial charge in [-0.2, -0.15) is 0 Å². The van der Waals surface area contributed by atoms with E-state index in [1.54, 1.807) is 12.4 Å². The third-order valence-corrected chi connectivity index (χ3v) is 4.58. The number of hydrogen-bond acceptors (Lipinski definition) is 3. The van der Waals surface area contributed by atoms with Crippen LogP contribution in [0.15, 0.2) is 71.4 Å². The zero-order valence-electron chi connectivity index (χ0n) is 14.5. The van der Waals surface area contributed by atoms with Crippen LogP contribution in [0, 0.1) is 13.8 Å². The molecule has 0 bridgehead atoms. The van der Waals surface area contributed by atoms with Gasteiger partial charge < -0.3 is 4.42 Å². The Balaban J connectivity index is 1.92. The molecule has 4 rings (SSSR count). The average molecular weight is 361 g/mol. The minimum atomic E-state index is 0.566. The van der Waals surface area contributed by atoms with Gasteiger partial charge in [-0.3, -0.25) is 4.98 Å². The van der Waals surface area contributed by atoms with Crippen LogP contribution in [0.5, 0.6) is 0 Å². The first kappa shape index (κ1) is 16.6. The van der Waals surface area contributed by atoms with Crippen molar-refractivity contribution in [1.29, 1.82) is 0 Å². The van der Waals surface area contributed by atoms with E-state index in [1.165, 1.54) is 5.56 Å². The Morgan fingerprint density at radius 1 is 0.846 bits per heavy atom. The minimum absolute atomic E-state index is 0.566. The number of rotatable bonds is 3. The summed E-state index contributed by atoms with van der Waals surface area (Å²) < 4.78 is 6.21. The fraction of sp³-hybridized carbons (Fsp3) is 0.0909. The molecular weight excluding hydrogens is 344 g/mol. The van der Waals surface area contributed by atoms with Crippen molar-refractivity contribution in [3.05, 3.63) is 83.1 Å². The van der Waals surface area contributed by atoms with Crippen LogP contribution in [-0.4, -0.2) is 9.97 Å². The zero-order valence-corrected chi connectivity index (χ0v) is 15.3. The number of aromatic nitrogens is 2. The van der Waals surface area contributed by atoms with Crippen molar-refractivity contribution in [2.75, 3.05) is 0 Å². The summed E-state index contributed by atoms with van der Waals surface area (Å²) in [4.78, 5) is 9.00. The van der Waals surface area contributed by atoms with Crippen LogP contribution < -0.4 is 0 Å². The highest BCUT2D eigenvalue weighted by Gasteiger charge is 2.19. The predicted molar refractivity (Wildman–Crippen MR) is 105 cm³/mol. The van der Waals surface area contributed by atoms with E-state index in [2.05, 4.69) is 36.2 Å². The van der Waals surface area contributed by atoms with E-state index in [1.807, 2.05) is 37.3 Å². The van der Waals surface area contributed by atoms with Crippen molar-refractivity contribution in [2.45, 2.75) is 13.8 Å². The second-order valence-corrected chi connectivity index (χ2v) is 6.70. The topological polar surface area (TPSA) is 38.9 Å². The Morgan fingerprint density at radius 3 is 2.23 bits per heavy atom. The summed E-state index contributed by atoms with van der Waals surface area (Å²) in [6.07, 6.45) is 3.55. The molecule has 2 heterocycles. The van der Waals surface area contributed by atoms with Crippen LogP contribution in [0.4, 0.5) is 0 Å². The maximum Gasteiger partial charge on any atom is 0.229 e. The van der Waals surface area contributed by atoms with Crippen LogP contribution in [0.25, 0.3) is 34.0 Å². The Bertz CT molecular complexity index is 987. The second kappa shape index (κ2) is 6.77. The van der Waals surface area contributed by atoms with Crippen molar-refractivity contribution in [3.63, 3.8) is 0 Å². The molecule has 0 aliphatic carbocycles. The summed E-state index contributed by atoms with van der Waals surface area (Å²) in [5.41, 5.74) is 5.90. The lowest BCUT2D eigenvalue weighted by atomic mass is 10.0. The normalized spacial score (nSPS) is 10.9. The molecule has 4 aromatic rings. The lowest BCUT2D eigenvalue weighted by molar-refractivity contribution is 0.588. The molecule has 2 aromatic heterocycles. The maximum absolute atomic E-state index is 6.21. The molecule has 2 aromatic carbocycles. The first-order valence-electron chi connectivity index (χ1n) is 8.36. The maximum atomic E-state index is 6.21. The largest absolute Gasteiger partial charge is 0.435 e. The van der Waals surface area contributed by atoms with Crippen LogP contribution in [0.2, 0.25) is 5.02 Å². The zero-order chi connectivity index (χ0) is 18.1. The molecular formula is C22H17ClN2O. The van der Waals surface area contributed by atoms with Gasteiger partial charge in [0.2, 0.25) is 5.89 Å². The van der Waals surface area contributed by atoms with Gasteiger partial charge in [0.05, 0.1) is 5.56 Å². The molecule has 26 heavy (non-hydrogen) atoms. The highest BCUT2D eigenvalue weighted by Crippen LogP contribution is 2.36. The van der Waals surface area contributed by atoms with Crippen molar-refractivity contribution in [1.82, 2.24) is 9.97 Å². The quantitative estimate of drug-likeness (QED) is 0.428. The van der Waals surface area contributed by atoms with Crippen LogP contribution in [0.3, 0.4) is 0 Å². The van der Waals surface area contributed by atoms with Gasteiger partial charge in [0.15, 0.2) is 5.76 Å². The minimum Gasteiger partial charge on any atom is -0.435 e. The summed E-state index contributed by atoms with van der Waals surface area (Å²) in [5, 5.41) is 0.692. The first-order valence-corrected chi connectivity index (χ1v) is 8.74. The molecule has 0 N–H and O–H groups in total. The molecule has 0 aliphatic rings. The van der Waals surface area contributed by atoms with Crippen LogP contribution in [-0.2, 0) is 0 Å². The highest BCUT2D eigenvalue weighted by molar-refractivity contribution is 6.30. The molecule has 0 aliphatic heterocycles. The lowest BCUT2D eigenvalue weighted by Gasteiger charge is -2.02. The summed E-state index contributed by atoms with van der Waals surface area (Å²) in [6.45, 7) is 4.09. The van der Waals surface area contributed by atoms with Gasteiger partial charge in [-0.25, -0.2) is 4.98 Å². The molecule has 0 saturated heterocycles. The SMILES string of the molecule is Cc1ccc(-c2oc(-c3cnccc3C)nc2-c2ccc(Cl)cc2)cc1. The van der Waals surface area contributed by atoms with Gasteiger partial charge in [-0.1, -0.05) is 53.6 Å². The summed E-state index contributed by atoms with van der Waals surface area (Å²) in [5.74, 6) is 1.31. The van der Waals surface area contributed by atoms with Crippen LogP contribution >= 0.6 is 11.6 Å². The van der Waals surface area contributed by atoms with Gasteiger partial charge in [0.25, 0.3) is 0 Å². The van der Waals surface area contributed by atoms with Gasteiger partial charge in [-0.05, 0) is 37.6 Å². The molecule has 3 nitrogen and oxygen atoms in total. The van der Waals surface area contributed by atoms with Crippen molar-refractivity contribution in [2.24, 2.45) is 0 Å². The monoisotopic (exact) mass is 360 g/mol. The van der Waals surface area contributed by atoms with E-state index in [0.29, 0.717) is 10.9 Å². The van der Waals surface area contributed by atoms with E-state index in [0.717, 1.165) is 33.7 Å². The summed E-state index contributed by atoms with van der Waals surface area (Å²) >= 11 is 6.04. The van der Waals surface area contributed by atoms with Crippen molar-refractivity contribution >= 4 is 11.6 Å². The molecule has 0 spiro atoms. The van der Waals surface area contributed by atoms with Gasteiger partial charge in [-0.15, -0.1) is 0 Å². The van der Waals surface area contributed by atoms with E-state index < -0.39 is 0 Å². The molecule has 128 valence electrons. The number of aryl methyl sites for hydroxylation is 2. The van der Waals surface area contributed by atoms with E-state index in [9.17, 15) is 0 Å². The number of halogens is 1. The molecule has 0 amide bonds. The van der Waals surface area contributed by atoms with E-state index >= 15 is 0 Å². The number of benzene rings is 2.